The second kappa shape index (κ2) is 5.12. The molecule has 0 spiro atoms. The summed E-state index contributed by atoms with van der Waals surface area (Å²) in [5.41, 5.74) is 2.47. The molecule has 0 aliphatic heterocycles. The minimum Gasteiger partial charge on any atom is -0.0622 e. The van der Waals surface area contributed by atoms with Crippen LogP contribution in [0.2, 0.25) is 0 Å². The molecule has 0 nitrogen and oxygen atoms in total. The van der Waals surface area contributed by atoms with Crippen molar-refractivity contribution in [3.05, 3.63) is 69.3 Å². The zero-order valence-corrected chi connectivity index (χ0v) is 10.4. The molecule has 0 saturated heterocycles. The van der Waals surface area contributed by atoms with E-state index in [0.717, 1.165) is 0 Å². The standard InChI is InChI=1S/C14H11I/c15-14-8-4-7-13(11-14)10-9-12-5-2-1-3-6-12/h1-11H/b10-9+. The van der Waals surface area contributed by atoms with E-state index in [0.29, 0.717) is 0 Å². The molecule has 0 radical (unpaired) electrons. The van der Waals surface area contributed by atoms with Crippen LogP contribution < -0.4 is 0 Å². The van der Waals surface area contributed by atoms with E-state index in [1.165, 1.54) is 14.7 Å². The van der Waals surface area contributed by atoms with Gasteiger partial charge >= 0.3 is 0 Å². The molecular weight excluding hydrogens is 295 g/mol. The zero-order chi connectivity index (χ0) is 10.5. The van der Waals surface area contributed by atoms with Gasteiger partial charge in [0, 0.05) is 3.57 Å². The van der Waals surface area contributed by atoms with Gasteiger partial charge in [0.15, 0.2) is 0 Å². The van der Waals surface area contributed by atoms with E-state index >= 15 is 0 Å². The highest BCUT2D eigenvalue weighted by molar-refractivity contribution is 14.1. The second-order valence-corrected chi connectivity index (χ2v) is 4.54. The largest absolute Gasteiger partial charge is 0.0622 e. The third kappa shape index (κ3) is 3.20. The molecule has 2 aromatic rings. The Bertz CT molecular complexity index is 458. The fourth-order valence-electron chi connectivity index (χ4n) is 1.37. The van der Waals surface area contributed by atoms with Crippen LogP contribution in [0.25, 0.3) is 12.2 Å². The van der Waals surface area contributed by atoms with Crippen molar-refractivity contribution < 1.29 is 0 Å². The van der Waals surface area contributed by atoms with Gasteiger partial charge in [0.2, 0.25) is 0 Å². The lowest BCUT2D eigenvalue weighted by molar-refractivity contribution is 1.61. The van der Waals surface area contributed by atoms with E-state index in [9.17, 15) is 0 Å². The number of hydrogen-bond donors (Lipinski definition) is 0. The molecule has 0 N–H and O–H groups in total. The van der Waals surface area contributed by atoms with Crippen molar-refractivity contribution in [2.75, 3.05) is 0 Å². The molecule has 2 rings (SSSR count). The first-order chi connectivity index (χ1) is 7.34. The monoisotopic (exact) mass is 306 g/mol. The molecule has 74 valence electrons. The normalized spacial score (nSPS) is 10.7. The molecular formula is C14H11I. The lowest BCUT2D eigenvalue weighted by atomic mass is 10.1. The molecule has 0 aromatic heterocycles. The predicted octanol–water partition coefficient (Wildman–Crippen LogP) is 4.46. The maximum absolute atomic E-state index is 2.33. The van der Waals surface area contributed by atoms with Crippen molar-refractivity contribution in [1.29, 1.82) is 0 Å². The van der Waals surface area contributed by atoms with Crippen molar-refractivity contribution in [1.82, 2.24) is 0 Å². The Morgan fingerprint density at radius 1 is 0.733 bits per heavy atom. The van der Waals surface area contributed by atoms with E-state index in [4.69, 9.17) is 0 Å². The van der Waals surface area contributed by atoms with E-state index in [1.807, 2.05) is 6.07 Å². The lowest BCUT2D eigenvalue weighted by Gasteiger charge is -1.95. The molecule has 15 heavy (non-hydrogen) atoms. The summed E-state index contributed by atoms with van der Waals surface area (Å²) in [6, 6.07) is 18.8. The number of benzene rings is 2. The highest BCUT2D eigenvalue weighted by atomic mass is 127. The van der Waals surface area contributed by atoms with Gasteiger partial charge in [-0.1, -0.05) is 54.6 Å². The Kier molecular flexibility index (Phi) is 3.56. The van der Waals surface area contributed by atoms with E-state index in [1.54, 1.807) is 0 Å². The molecule has 0 unspecified atom stereocenters. The van der Waals surface area contributed by atoms with Crippen LogP contribution in [-0.2, 0) is 0 Å². The minimum absolute atomic E-state index is 1.23. The maximum Gasteiger partial charge on any atom is 0.0136 e. The summed E-state index contributed by atoms with van der Waals surface area (Å²) >= 11 is 2.33. The van der Waals surface area contributed by atoms with Crippen molar-refractivity contribution in [2.45, 2.75) is 0 Å². The lowest BCUT2D eigenvalue weighted by Crippen LogP contribution is -1.74. The van der Waals surface area contributed by atoms with Gasteiger partial charge in [-0.15, -0.1) is 0 Å². The average Bonchev–Trinajstić information content (AvgIpc) is 2.28. The zero-order valence-electron chi connectivity index (χ0n) is 8.23. The molecule has 0 atom stereocenters. The van der Waals surface area contributed by atoms with Crippen molar-refractivity contribution in [3.8, 4) is 0 Å². The second-order valence-electron chi connectivity index (χ2n) is 3.30. The molecule has 0 fully saturated rings. The Morgan fingerprint density at radius 2 is 1.40 bits per heavy atom. The van der Waals surface area contributed by atoms with E-state index in [2.05, 4.69) is 83.3 Å². The molecule has 0 bridgehead atoms. The molecule has 1 heteroatoms. The third-order valence-corrected chi connectivity index (χ3v) is 2.79. The molecule has 2 aromatic carbocycles. The molecule has 0 aliphatic rings. The first kappa shape index (κ1) is 10.4. The Labute approximate surface area is 104 Å². The molecule has 0 aliphatic carbocycles. The summed E-state index contributed by atoms with van der Waals surface area (Å²) in [6.45, 7) is 0. The Morgan fingerprint density at radius 3 is 2.13 bits per heavy atom. The molecule has 0 amide bonds. The Balaban J connectivity index is 2.19. The fraction of sp³-hybridized carbons (Fsp3) is 0. The topological polar surface area (TPSA) is 0 Å². The summed E-state index contributed by atoms with van der Waals surface area (Å²) in [5.74, 6) is 0. The van der Waals surface area contributed by atoms with Gasteiger partial charge < -0.3 is 0 Å². The number of hydrogen-bond acceptors (Lipinski definition) is 0. The number of rotatable bonds is 2. The summed E-state index contributed by atoms with van der Waals surface area (Å²) in [5, 5.41) is 0. The van der Waals surface area contributed by atoms with E-state index in [-0.39, 0.29) is 0 Å². The highest BCUT2D eigenvalue weighted by Crippen LogP contribution is 2.11. The first-order valence-corrected chi connectivity index (χ1v) is 5.91. The highest BCUT2D eigenvalue weighted by Gasteiger charge is 1.88. The van der Waals surface area contributed by atoms with Crippen LogP contribution >= 0.6 is 22.6 Å². The minimum atomic E-state index is 1.23. The van der Waals surface area contributed by atoms with Gasteiger partial charge in [0.05, 0.1) is 0 Å². The van der Waals surface area contributed by atoms with Crippen molar-refractivity contribution in [2.24, 2.45) is 0 Å². The average molecular weight is 306 g/mol. The summed E-state index contributed by atoms with van der Waals surface area (Å²) < 4.78 is 1.27. The third-order valence-electron chi connectivity index (χ3n) is 2.12. The van der Waals surface area contributed by atoms with Crippen molar-refractivity contribution >= 4 is 34.7 Å². The van der Waals surface area contributed by atoms with Crippen molar-refractivity contribution in [3.63, 3.8) is 0 Å². The summed E-state index contributed by atoms with van der Waals surface area (Å²) in [6.07, 6.45) is 4.27. The number of halogens is 1. The van der Waals surface area contributed by atoms with Gasteiger partial charge in [-0.25, -0.2) is 0 Å². The predicted molar refractivity (Wildman–Crippen MR) is 74.5 cm³/mol. The molecule has 0 heterocycles. The van der Waals surface area contributed by atoms with Crippen LogP contribution in [0.4, 0.5) is 0 Å². The van der Waals surface area contributed by atoms with Crippen LogP contribution in [-0.4, -0.2) is 0 Å². The summed E-state index contributed by atoms with van der Waals surface area (Å²) in [7, 11) is 0. The van der Waals surface area contributed by atoms with Crippen LogP contribution in [0.15, 0.2) is 54.6 Å². The first-order valence-electron chi connectivity index (χ1n) is 4.83. The van der Waals surface area contributed by atoms with Crippen LogP contribution in [0.3, 0.4) is 0 Å². The smallest absolute Gasteiger partial charge is 0.0136 e. The van der Waals surface area contributed by atoms with Gasteiger partial charge in [0.1, 0.15) is 0 Å². The summed E-state index contributed by atoms with van der Waals surface area (Å²) in [4.78, 5) is 0. The fourth-order valence-corrected chi connectivity index (χ4v) is 1.93. The van der Waals surface area contributed by atoms with Crippen LogP contribution in [0.1, 0.15) is 11.1 Å². The van der Waals surface area contributed by atoms with Crippen LogP contribution in [0.5, 0.6) is 0 Å². The SMILES string of the molecule is Ic1cccc(/C=C/c2ccccc2)c1. The van der Waals surface area contributed by atoms with Crippen LogP contribution in [0, 0.1) is 3.57 Å². The quantitative estimate of drug-likeness (QED) is 0.567. The van der Waals surface area contributed by atoms with E-state index < -0.39 is 0 Å². The van der Waals surface area contributed by atoms with Gasteiger partial charge in [-0.3, -0.25) is 0 Å². The van der Waals surface area contributed by atoms with Gasteiger partial charge in [-0.05, 0) is 45.9 Å². The maximum atomic E-state index is 2.33. The van der Waals surface area contributed by atoms with Gasteiger partial charge in [-0.2, -0.15) is 0 Å². The Hall–Kier alpha value is -1.09. The van der Waals surface area contributed by atoms with Gasteiger partial charge in [0.25, 0.3) is 0 Å². The molecule has 0 saturated carbocycles.